The zero-order chi connectivity index (χ0) is 14.0. The largest absolute Gasteiger partial charge is 0.394 e. The Morgan fingerprint density at radius 2 is 1.74 bits per heavy atom. The van der Waals surface area contributed by atoms with Crippen LogP contribution in [0.4, 0.5) is 4.39 Å². The number of rotatable bonds is 4. The Kier molecular flexibility index (Phi) is 3.84. The first-order valence-electron chi connectivity index (χ1n) is 5.64. The lowest BCUT2D eigenvalue weighted by Crippen LogP contribution is -2.24. The van der Waals surface area contributed by atoms with E-state index in [-0.39, 0.29) is 15.7 Å². The molecule has 2 rings (SSSR count). The number of benzene rings is 2. The van der Waals surface area contributed by atoms with Gasteiger partial charge in [-0.15, -0.1) is 0 Å². The average molecular weight is 284 g/mol. The van der Waals surface area contributed by atoms with E-state index in [1.165, 1.54) is 18.2 Å². The minimum Gasteiger partial charge on any atom is -0.394 e. The number of halogens is 1. The second-order valence-corrected chi connectivity index (χ2v) is 6.21. The predicted octanol–water partition coefficient (Wildman–Crippen LogP) is 1.11. The van der Waals surface area contributed by atoms with E-state index in [1.54, 1.807) is 12.1 Å². The van der Waals surface area contributed by atoms with E-state index in [0.29, 0.717) is 0 Å². The minimum atomic E-state index is -3.79. The lowest BCUT2D eigenvalue weighted by molar-refractivity contribution is 0.112. The molecule has 0 aliphatic rings. The normalized spacial score (nSPS) is 13.6. The summed E-state index contributed by atoms with van der Waals surface area (Å²) in [6.07, 6.45) is -1.35. The van der Waals surface area contributed by atoms with Crippen molar-refractivity contribution in [3.8, 4) is 0 Å². The Labute approximate surface area is 110 Å². The van der Waals surface area contributed by atoms with Gasteiger partial charge in [-0.3, -0.25) is 0 Å². The molecule has 0 radical (unpaired) electrons. The van der Waals surface area contributed by atoms with E-state index in [0.717, 1.165) is 6.07 Å². The fourth-order valence-electron chi connectivity index (χ4n) is 1.90. The summed E-state index contributed by atoms with van der Waals surface area (Å²) in [5.41, 5.74) is 0. The van der Waals surface area contributed by atoms with Gasteiger partial charge in [0, 0.05) is 10.8 Å². The van der Waals surface area contributed by atoms with Crippen molar-refractivity contribution in [2.45, 2.75) is 11.0 Å². The molecule has 0 spiro atoms. The molecule has 2 N–H and O–H groups in total. The highest BCUT2D eigenvalue weighted by Crippen LogP contribution is 2.26. The molecule has 6 heteroatoms. The van der Waals surface area contributed by atoms with Crippen molar-refractivity contribution < 1.29 is 23.0 Å². The molecule has 0 fully saturated rings. The summed E-state index contributed by atoms with van der Waals surface area (Å²) in [5.74, 6) is -1.10. The molecule has 0 saturated carbocycles. The first-order valence-corrected chi connectivity index (χ1v) is 7.30. The van der Waals surface area contributed by atoms with Gasteiger partial charge >= 0.3 is 0 Å². The molecule has 0 saturated heterocycles. The molecule has 102 valence electrons. The molecule has 0 amide bonds. The summed E-state index contributed by atoms with van der Waals surface area (Å²) in [4.78, 5) is -0.0444. The molecule has 1 atom stereocenters. The number of aliphatic hydroxyl groups is 2. The van der Waals surface area contributed by atoms with Crippen molar-refractivity contribution in [1.82, 2.24) is 0 Å². The molecular weight excluding hydrogens is 271 g/mol. The van der Waals surface area contributed by atoms with Crippen LogP contribution in [0, 0.1) is 5.82 Å². The van der Waals surface area contributed by atoms with Crippen LogP contribution in [0.3, 0.4) is 0 Å². The van der Waals surface area contributed by atoms with Crippen molar-refractivity contribution in [3.05, 3.63) is 42.2 Å². The monoisotopic (exact) mass is 284 g/mol. The van der Waals surface area contributed by atoms with Crippen LogP contribution in [-0.4, -0.2) is 37.1 Å². The third kappa shape index (κ3) is 2.75. The highest BCUT2D eigenvalue weighted by Gasteiger charge is 2.22. The molecule has 0 aromatic heterocycles. The fraction of sp³-hybridized carbons (Fsp3) is 0.231. The Morgan fingerprint density at radius 1 is 1.11 bits per heavy atom. The average Bonchev–Trinajstić information content (AvgIpc) is 2.38. The summed E-state index contributed by atoms with van der Waals surface area (Å²) in [6, 6.07) is 8.49. The topological polar surface area (TPSA) is 74.6 Å². The lowest BCUT2D eigenvalue weighted by Gasteiger charge is -2.11. The maximum absolute atomic E-state index is 13.6. The maximum Gasteiger partial charge on any atom is 0.181 e. The lowest BCUT2D eigenvalue weighted by atomic mass is 10.1. The molecule has 0 heterocycles. The van der Waals surface area contributed by atoms with Crippen molar-refractivity contribution in [1.29, 1.82) is 0 Å². The van der Waals surface area contributed by atoms with Gasteiger partial charge in [0.2, 0.25) is 0 Å². The van der Waals surface area contributed by atoms with Crippen molar-refractivity contribution in [3.63, 3.8) is 0 Å². The van der Waals surface area contributed by atoms with Crippen LogP contribution in [0.25, 0.3) is 10.8 Å². The minimum absolute atomic E-state index is 0.0444. The SMILES string of the molecule is O=S(=O)(CC(O)CO)c1ccc(F)c2ccccc12. The number of fused-ring (bicyclic) bond motifs is 1. The molecule has 4 nitrogen and oxygen atoms in total. The van der Waals surface area contributed by atoms with Gasteiger partial charge in [0.15, 0.2) is 9.84 Å². The molecule has 0 bridgehead atoms. The second-order valence-electron chi connectivity index (χ2n) is 4.21. The molecule has 1 unspecified atom stereocenters. The third-order valence-electron chi connectivity index (χ3n) is 2.79. The maximum atomic E-state index is 13.6. The molecule has 2 aromatic carbocycles. The summed E-state index contributed by atoms with van der Waals surface area (Å²) in [5, 5.41) is 18.5. The van der Waals surface area contributed by atoms with E-state index in [4.69, 9.17) is 5.11 Å². The van der Waals surface area contributed by atoms with Gasteiger partial charge in [-0.2, -0.15) is 0 Å². The van der Waals surface area contributed by atoms with Crippen LogP contribution in [0.1, 0.15) is 0 Å². The van der Waals surface area contributed by atoms with Crippen LogP contribution in [-0.2, 0) is 9.84 Å². The Hall–Kier alpha value is -1.50. The fourth-order valence-corrected chi connectivity index (χ4v) is 3.48. The molecule has 0 aliphatic carbocycles. The van der Waals surface area contributed by atoms with Gasteiger partial charge in [-0.1, -0.05) is 24.3 Å². The van der Waals surface area contributed by atoms with E-state index in [9.17, 15) is 17.9 Å². The summed E-state index contributed by atoms with van der Waals surface area (Å²) in [6.45, 7) is -0.641. The molecule has 19 heavy (non-hydrogen) atoms. The zero-order valence-corrected chi connectivity index (χ0v) is 10.8. The molecule has 0 aliphatic heterocycles. The zero-order valence-electron chi connectivity index (χ0n) is 9.95. The van der Waals surface area contributed by atoms with Crippen molar-refractivity contribution >= 4 is 20.6 Å². The van der Waals surface area contributed by atoms with Gasteiger partial charge < -0.3 is 10.2 Å². The van der Waals surface area contributed by atoms with Gasteiger partial charge in [0.1, 0.15) is 5.82 Å². The molecular formula is C13H13FO4S. The van der Waals surface area contributed by atoms with Crippen LogP contribution in [0.15, 0.2) is 41.3 Å². The summed E-state index contributed by atoms with van der Waals surface area (Å²) in [7, 11) is -3.79. The highest BCUT2D eigenvalue weighted by molar-refractivity contribution is 7.91. The Balaban J connectivity index is 2.60. The quantitative estimate of drug-likeness (QED) is 0.825. The summed E-state index contributed by atoms with van der Waals surface area (Å²) < 4.78 is 37.9. The highest BCUT2D eigenvalue weighted by atomic mass is 32.2. The van der Waals surface area contributed by atoms with Crippen LogP contribution < -0.4 is 0 Å². The van der Waals surface area contributed by atoms with Gasteiger partial charge in [-0.25, -0.2) is 12.8 Å². The van der Waals surface area contributed by atoms with Crippen LogP contribution >= 0.6 is 0 Å². The number of aliphatic hydroxyl groups excluding tert-OH is 2. The summed E-state index contributed by atoms with van der Waals surface area (Å²) >= 11 is 0. The van der Waals surface area contributed by atoms with Crippen molar-refractivity contribution in [2.75, 3.05) is 12.4 Å². The predicted molar refractivity (Wildman–Crippen MR) is 69.1 cm³/mol. The standard InChI is InChI=1S/C13H13FO4S/c14-12-5-6-13(11-4-2-1-3-10(11)12)19(17,18)8-9(16)7-15/h1-6,9,15-16H,7-8H2. The van der Waals surface area contributed by atoms with Crippen molar-refractivity contribution in [2.24, 2.45) is 0 Å². The van der Waals surface area contributed by atoms with Crippen LogP contribution in [0.2, 0.25) is 0 Å². The van der Waals surface area contributed by atoms with E-state index < -0.39 is 34.1 Å². The van der Waals surface area contributed by atoms with Crippen LogP contribution in [0.5, 0.6) is 0 Å². The smallest absolute Gasteiger partial charge is 0.181 e. The van der Waals surface area contributed by atoms with Gasteiger partial charge in [0.05, 0.1) is 23.4 Å². The van der Waals surface area contributed by atoms with Gasteiger partial charge in [-0.05, 0) is 12.1 Å². The molecule has 2 aromatic rings. The Bertz CT molecular complexity index is 697. The number of hydrogen-bond acceptors (Lipinski definition) is 4. The van der Waals surface area contributed by atoms with E-state index in [1.807, 2.05) is 0 Å². The Morgan fingerprint density at radius 3 is 2.37 bits per heavy atom. The van der Waals surface area contributed by atoms with E-state index >= 15 is 0 Å². The number of hydrogen-bond donors (Lipinski definition) is 2. The third-order valence-corrected chi connectivity index (χ3v) is 4.64. The first kappa shape index (κ1) is 13.9. The second kappa shape index (κ2) is 5.24. The number of sulfone groups is 1. The first-order chi connectivity index (χ1) is 8.95. The van der Waals surface area contributed by atoms with E-state index in [2.05, 4.69) is 0 Å². The van der Waals surface area contributed by atoms with Gasteiger partial charge in [0.25, 0.3) is 0 Å².